The van der Waals surface area contributed by atoms with E-state index in [4.69, 9.17) is 4.74 Å². The maximum atomic E-state index is 5.33. The molecule has 0 aromatic heterocycles. The molecule has 0 radical (unpaired) electrons. The molecular formula is C17H29NO. The molecule has 2 nitrogen and oxygen atoms in total. The highest BCUT2D eigenvalue weighted by Gasteiger charge is 1.99. The zero-order valence-electron chi connectivity index (χ0n) is 12.8. The molecule has 1 aromatic rings. The second-order valence-corrected chi connectivity index (χ2v) is 4.35. The van der Waals surface area contributed by atoms with E-state index in [-0.39, 0.29) is 0 Å². The highest BCUT2D eigenvalue weighted by atomic mass is 16.5. The molecule has 108 valence electrons. The lowest BCUT2D eigenvalue weighted by Crippen LogP contribution is -2.28. The fourth-order valence-corrected chi connectivity index (χ4v) is 1.68. The van der Waals surface area contributed by atoms with Gasteiger partial charge in [0.1, 0.15) is 0 Å². The molecule has 0 atom stereocenters. The molecule has 0 saturated carbocycles. The third-order valence-corrected chi connectivity index (χ3v) is 2.59. The third kappa shape index (κ3) is 10.5. The van der Waals surface area contributed by atoms with E-state index in [2.05, 4.69) is 25.3 Å². The van der Waals surface area contributed by atoms with Crippen LogP contribution in [-0.4, -0.2) is 31.3 Å². The molecular weight excluding hydrogens is 234 g/mol. The molecule has 0 aliphatic carbocycles. The minimum absolute atomic E-state index is 0.804. The molecule has 19 heavy (non-hydrogen) atoms. The van der Waals surface area contributed by atoms with Crippen LogP contribution in [0.1, 0.15) is 39.2 Å². The Hall–Kier alpha value is -1.12. The number of ether oxygens (including phenoxy) is 1. The first-order valence-electron chi connectivity index (χ1n) is 7.25. The zero-order chi connectivity index (χ0) is 14.3. The van der Waals surface area contributed by atoms with E-state index in [1.807, 2.05) is 43.3 Å². The van der Waals surface area contributed by atoms with E-state index >= 15 is 0 Å². The predicted octanol–water partition coefficient (Wildman–Crippen LogP) is 4.43. The first kappa shape index (κ1) is 17.9. The molecule has 0 heterocycles. The maximum absolute atomic E-state index is 5.33. The van der Waals surface area contributed by atoms with Crippen LogP contribution in [0.4, 0.5) is 0 Å². The van der Waals surface area contributed by atoms with Crippen molar-refractivity contribution in [2.24, 2.45) is 0 Å². The average molecular weight is 263 g/mol. The Balaban J connectivity index is 0.000000356. The van der Waals surface area contributed by atoms with Crippen LogP contribution in [0.2, 0.25) is 0 Å². The molecule has 0 unspecified atom stereocenters. The molecule has 0 spiro atoms. The van der Waals surface area contributed by atoms with E-state index in [9.17, 15) is 0 Å². The quantitative estimate of drug-likeness (QED) is 0.643. The van der Waals surface area contributed by atoms with E-state index < -0.39 is 0 Å². The van der Waals surface area contributed by atoms with Gasteiger partial charge in [0.2, 0.25) is 0 Å². The van der Waals surface area contributed by atoms with E-state index in [1.54, 1.807) is 0 Å². The Morgan fingerprint density at radius 2 is 1.63 bits per heavy atom. The van der Waals surface area contributed by atoms with Gasteiger partial charge in [0.25, 0.3) is 0 Å². The summed E-state index contributed by atoms with van der Waals surface area (Å²) in [5.41, 5.74) is 1.17. The summed E-state index contributed by atoms with van der Waals surface area (Å²) in [6.45, 7) is 14.0. The van der Waals surface area contributed by atoms with Gasteiger partial charge in [0.15, 0.2) is 0 Å². The molecule has 0 fully saturated rings. The van der Waals surface area contributed by atoms with Crippen LogP contribution >= 0.6 is 0 Å². The van der Waals surface area contributed by atoms with Crippen molar-refractivity contribution in [2.75, 3.05) is 26.4 Å². The number of hydrogen-bond acceptors (Lipinski definition) is 2. The first-order valence-corrected chi connectivity index (χ1v) is 7.25. The monoisotopic (exact) mass is 263 g/mol. The van der Waals surface area contributed by atoms with Gasteiger partial charge in [0.05, 0.1) is 6.73 Å². The lowest BCUT2D eigenvalue weighted by Gasteiger charge is -2.19. The van der Waals surface area contributed by atoms with Crippen LogP contribution in [0.15, 0.2) is 36.9 Å². The van der Waals surface area contributed by atoms with Crippen LogP contribution < -0.4 is 0 Å². The van der Waals surface area contributed by atoms with Crippen LogP contribution in [0.25, 0.3) is 6.08 Å². The lowest BCUT2D eigenvalue weighted by molar-refractivity contribution is 0.0355. The van der Waals surface area contributed by atoms with Gasteiger partial charge in [-0.1, -0.05) is 56.8 Å². The van der Waals surface area contributed by atoms with Crippen LogP contribution in [-0.2, 0) is 4.74 Å². The summed E-state index contributed by atoms with van der Waals surface area (Å²) in [7, 11) is 0. The SMILES string of the molecule is C=Cc1ccccc1.CCCN(CCC)COCC. The van der Waals surface area contributed by atoms with Gasteiger partial charge in [0, 0.05) is 19.7 Å². The smallest absolute Gasteiger partial charge is 0.0990 e. The Bertz CT molecular complexity index is 291. The highest BCUT2D eigenvalue weighted by molar-refractivity contribution is 5.45. The normalized spacial score (nSPS) is 9.89. The van der Waals surface area contributed by atoms with E-state index in [1.165, 1.54) is 18.4 Å². The molecule has 0 amide bonds. The molecule has 0 saturated heterocycles. The van der Waals surface area contributed by atoms with Crippen molar-refractivity contribution >= 4 is 6.08 Å². The van der Waals surface area contributed by atoms with Gasteiger partial charge >= 0.3 is 0 Å². The molecule has 0 aliphatic rings. The van der Waals surface area contributed by atoms with Crippen LogP contribution in [0, 0.1) is 0 Å². The first-order chi connectivity index (χ1) is 9.28. The van der Waals surface area contributed by atoms with Gasteiger partial charge in [-0.15, -0.1) is 0 Å². The summed E-state index contributed by atoms with van der Waals surface area (Å²) in [5.74, 6) is 0. The molecule has 1 rings (SSSR count). The number of nitrogens with zero attached hydrogens (tertiary/aromatic N) is 1. The number of rotatable bonds is 8. The number of hydrogen-bond donors (Lipinski definition) is 0. The Morgan fingerprint density at radius 1 is 1.05 bits per heavy atom. The number of benzene rings is 1. The van der Waals surface area contributed by atoms with Gasteiger partial charge in [-0.3, -0.25) is 4.90 Å². The molecule has 0 aliphatic heterocycles. The highest BCUT2D eigenvalue weighted by Crippen LogP contribution is 1.97. The fourth-order valence-electron chi connectivity index (χ4n) is 1.68. The predicted molar refractivity (Wildman–Crippen MR) is 85.2 cm³/mol. The minimum atomic E-state index is 0.804. The van der Waals surface area contributed by atoms with Gasteiger partial charge < -0.3 is 4.74 Å². The van der Waals surface area contributed by atoms with Gasteiger partial charge in [-0.25, -0.2) is 0 Å². The summed E-state index contributed by atoms with van der Waals surface area (Å²) in [4.78, 5) is 2.35. The van der Waals surface area contributed by atoms with Gasteiger partial charge in [-0.2, -0.15) is 0 Å². The fraction of sp³-hybridized carbons (Fsp3) is 0.529. The van der Waals surface area contributed by atoms with Crippen molar-refractivity contribution in [3.05, 3.63) is 42.5 Å². The van der Waals surface area contributed by atoms with Crippen molar-refractivity contribution in [1.29, 1.82) is 0 Å². The minimum Gasteiger partial charge on any atom is -0.366 e. The maximum Gasteiger partial charge on any atom is 0.0990 e. The lowest BCUT2D eigenvalue weighted by atomic mass is 10.2. The summed E-state index contributed by atoms with van der Waals surface area (Å²) in [6, 6.07) is 10.0. The molecule has 1 aromatic carbocycles. The summed E-state index contributed by atoms with van der Waals surface area (Å²) >= 11 is 0. The Kier molecular flexibility index (Phi) is 12.5. The van der Waals surface area contributed by atoms with Gasteiger partial charge in [-0.05, 0) is 25.3 Å². The van der Waals surface area contributed by atoms with Crippen molar-refractivity contribution in [2.45, 2.75) is 33.6 Å². The summed E-state index contributed by atoms with van der Waals surface area (Å²) in [6.07, 6.45) is 4.26. The van der Waals surface area contributed by atoms with Crippen molar-refractivity contribution in [1.82, 2.24) is 4.90 Å². The summed E-state index contributed by atoms with van der Waals surface area (Å²) < 4.78 is 5.33. The van der Waals surface area contributed by atoms with E-state index in [0.717, 1.165) is 26.4 Å². The molecule has 2 heteroatoms. The average Bonchev–Trinajstić information content (AvgIpc) is 2.47. The van der Waals surface area contributed by atoms with Crippen molar-refractivity contribution < 1.29 is 4.74 Å². The standard InChI is InChI=1S/C9H21NO.C8H8/c1-4-7-10(8-5-2)9-11-6-3;1-2-8-6-4-3-5-7-8/h4-9H2,1-3H3;2-7H,1H2. The third-order valence-electron chi connectivity index (χ3n) is 2.59. The van der Waals surface area contributed by atoms with Crippen LogP contribution in [0.5, 0.6) is 0 Å². The second-order valence-electron chi connectivity index (χ2n) is 4.35. The van der Waals surface area contributed by atoms with Crippen molar-refractivity contribution in [3.8, 4) is 0 Å². The molecule has 0 bridgehead atoms. The zero-order valence-corrected chi connectivity index (χ0v) is 12.8. The van der Waals surface area contributed by atoms with E-state index in [0.29, 0.717) is 0 Å². The second kappa shape index (κ2) is 13.3. The Labute approximate surface area is 119 Å². The molecule has 0 N–H and O–H groups in total. The summed E-state index contributed by atoms with van der Waals surface area (Å²) in [5, 5.41) is 0. The largest absolute Gasteiger partial charge is 0.366 e. The van der Waals surface area contributed by atoms with Crippen LogP contribution in [0.3, 0.4) is 0 Å². The van der Waals surface area contributed by atoms with Crippen molar-refractivity contribution in [3.63, 3.8) is 0 Å². The topological polar surface area (TPSA) is 12.5 Å². The Morgan fingerprint density at radius 3 is 2.00 bits per heavy atom.